The minimum atomic E-state index is -0.742. The van der Waals surface area contributed by atoms with E-state index in [-0.39, 0.29) is 30.0 Å². The van der Waals surface area contributed by atoms with Crippen molar-refractivity contribution in [2.75, 3.05) is 20.8 Å². The largest absolute Gasteiger partial charge is 0.496 e. The molecule has 1 unspecified atom stereocenters. The maximum absolute atomic E-state index is 13.5. The third-order valence-corrected chi connectivity index (χ3v) is 10.5. The van der Waals surface area contributed by atoms with Crippen LogP contribution in [0.25, 0.3) is 33.3 Å². The number of methoxy groups -OCH3 is 2. The van der Waals surface area contributed by atoms with Gasteiger partial charge in [-0.15, -0.1) is 0 Å². The lowest BCUT2D eigenvalue weighted by atomic mass is 9.93. The van der Waals surface area contributed by atoms with Gasteiger partial charge in [0.2, 0.25) is 11.8 Å². The van der Waals surface area contributed by atoms with E-state index in [4.69, 9.17) is 9.47 Å². The second-order valence-corrected chi connectivity index (χ2v) is 13.4. The van der Waals surface area contributed by atoms with Gasteiger partial charge in [-0.2, -0.15) is 0 Å². The minimum absolute atomic E-state index is 0.0123. The Morgan fingerprint density at radius 1 is 0.840 bits per heavy atom. The second kappa shape index (κ2) is 12.8. The van der Waals surface area contributed by atoms with Crippen molar-refractivity contribution in [1.82, 2.24) is 23.9 Å². The number of nitrogens with zero attached hydrogens (tertiary/aromatic N) is 4. The van der Waals surface area contributed by atoms with Crippen molar-refractivity contribution in [2.24, 2.45) is 14.1 Å². The molecule has 5 aromatic rings. The normalized spacial score (nSPS) is 16.4. The first-order chi connectivity index (χ1) is 24.0. The molecule has 50 heavy (non-hydrogen) atoms. The highest BCUT2D eigenvalue weighted by Crippen LogP contribution is 2.39. The molecule has 0 bridgehead atoms. The van der Waals surface area contributed by atoms with E-state index in [1.807, 2.05) is 50.4 Å². The first-order valence-electron chi connectivity index (χ1n) is 16.8. The summed E-state index contributed by atoms with van der Waals surface area (Å²) in [7, 11) is 6.82. The lowest BCUT2D eigenvalue weighted by Crippen LogP contribution is -2.44. The summed E-state index contributed by atoms with van der Waals surface area (Å²) in [4.78, 5) is 53.0. The Morgan fingerprint density at radius 2 is 1.58 bits per heavy atom. The summed E-state index contributed by atoms with van der Waals surface area (Å²) < 4.78 is 16.6. The number of imidazole rings is 1. The molecule has 1 saturated heterocycles. The molecule has 0 spiro atoms. The first-order valence-corrected chi connectivity index (χ1v) is 16.8. The highest BCUT2D eigenvalue weighted by molar-refractivity contribution is 6.01. The predicted molar refractivity (Wildman–Crippen MR) is 192 cm³/mol. The fourth-order valence-corrected chi connectivity index (χ4v) is 7.61. The van der Waals surface area contributed by atoms with Crippen LogP contribution in [0.15, 0.2) is 64.3 Å². The molecule has 0 saturated carbocycles. The highest BCUT2D eigenvalue weighted by atomic mass is 16.5. The smallest absolute Gasteiger partial charge is 0.329 e. The molecule has 258 valence electrons. The quantitative estimate of drug-likeness (QED) is 0.252. The molecule has 1 N–H and O–H groups in total. The van der Waals surface area contributed by atoms with Crippen LogP contribution in [0.2, 0.25) is 0 Å². The summed E-state index contributed by atoms with van der Waals surface area (Å²) >= 11 is 0. The van der Waals surface area contributed by atoms with Gasteiger partial charge in [-0.1, -0.05) is 24.3 Å². The van der Waals surface area contributed by atoms with Crippen LogP contribution in [0.1, 0.15) is 46.7 Å². The number of fused-ring (bicyclic) bond motifs is 2. The number of amides is 2. The summed E-state index contributed by atoms with van der Waals surface area (Å²) in [5.41, 5.74) is 9.92. The maximum atomic E-state index is 13.5. The van der Waals surface area contributed by atoms with E-state index in [9.17, 15) is 19.2 Å². The van der Waals surface area contributed by atoms with Gasteiger partial charge < -0.3 is 14.0 Å². The summed E-state index contributed by atoms with van der Waals surface area (Å²) in [6, 6.07) is 15.5. The average molecular weight is 676 g/mol. The van der Waals surface area contributed by atoms with E-state index in [0.29, 0.717) is 24.2 Å². The molecule has 4 heterocycles. The van der Waals surface area contributed by atoms with E-state index >= 15 is 0 Å². The molecule has 11 nitrogen and oxygen atoms in total. The topological polar surface area (TPSA) is 117 Å². The van der Waals surface area contributed by atoms with Gasteiger partial charge in [-0.3, -0.25) is 33.7 Å². The van der Waals surface area contributed by atoms with E-state index in [2.05, 4.69) is 28.4 Å². The molecule has 2 aliphatic rings. The van der Waals surface area contributed by atoms with Crippen LogP contribution < -0.4 is 26.0 Å². The van der Waals surface area contributed by atoms with Crippen molar-refractivity contribution >= 4 is 22.8 Å². The summed E-state index contributed by atoms with van der Waals surface area (Å²) in [6.45, 7) is 6.00. The minimum Gasteiger partial charge on any atom is -0.496 e. The number of aryl methyl sites for hydroxylation is 2. The third-order valence-electron chi connectivity index (χ3n) is 10.5. The predicted octanol–water partition coefficient (Wildman–Crippen LogP) is 4.54. The summed E-state index contributed by atoms with van der Waals surface area (Å²) in [6.07, 6.45) is 3.22. The van der Waals surface area contributed by atoms with Crippen LogP contribution in [0.4, 0.5) is 0 Å². The van der Waals surface area contributed by atoms with Crippen LogP contribution in [0.3, 0.4) is 0 Å². The Balaban J connectivity index is 1.21. The van der Waals surface area contributed by atoms with E-state index in [1.165, 1.54) is 15.7 Å². The number of piperidine rings is 1. The monoisotopic (exact) mass is 675 g/mol. The zero-order valence-electron chi connectivity index (χ0n) is 29.3. The number of hydrogen-bond donors (Lipinski definition) is 1. The number of nitrogens with one attached hydrogen (secondary N) is 1. The van der Waals surface area contributed by atoms with Crippen molar-refractivity contribution in [3.63, 3.8) is 0 Å². The molecule has 2 aliphatic heterocycles. The molecule has 2 amide bonds. The van der Waals surface area contributed by atoms with Crippen LogP contribution in [0.5, 0.6) is 11.5 Å². The van der Waals surface area contributed by atoms with Gasteiger partial charge in [0.1, 0.15) is 17.5 Å². The second-order valence-electron chi connectivity index (χ2n) is 13.4. The number of para-hydroxylation sites is 1. The molecular formula is C39H41N5O6. The van der Waals surface area contributed by atoms with Gasteiger partial charge in [0.15, 0.2) is 0 Å². The molecule has 0 radical (unpaired) electrons. The van der Waals surface area contributed by atoms with Crippen LogP contribution in [-0.4, -0.2) is 51.2 Å². The van der Waals surface area contributed by atoms with Gasteiger partial charge in [-0.25, -0.2) is 4.79 Å². The molecule has 7 rings (SSSR count). The number of ether oxygens (including phenoxy) is 2. The number of rotatable bonds is 7. The van der Waals surface area contributed by atoms with Gasteiger partial charge in [0.05, 0.1) is 30.8 Å². The Kier molecular flexibility index (Phi) is 8.47. The van der Waals surface area contributed by atoms with Crippen molar-refractivity contribution in [1.29, 1.82) is 0 Å². The van der Waals surface area contributed by atoms with Crippen molar-refractivity contribution in [2.45, 2.75) is 52.2 Å². The molecule has 3 aromatic carbocycles. The number of hydrogen-bond acceptors (Lipinski definition) is 7. The van der Waals surface area contributed by atoms with Crippen molar-refractivity contribution in [3.8, 4) is 33.8 Å². The SMILES string of the molecule is COc1cc(-c2cn(C)c(=O)c(C)c2C)cc(OC)c1CN1CCc2ccc(-c3cccc4c3n(C)c(=O)n4C3CCC(=O)NC3=O)cc2C1. The van der Waals surface area contributed by atoms with E-state index < -0.39 is 11.9 Å². The number of aromatic nitrogens is 3. The Morgan fingerprint density at radius 3 is 2.28 bits per heavy atom. The Hall–Kier alpha value is -5.42. The molecule has 1 atom stereocenters. The van der Waals surface area contributed by atoms with Crippen LogP contribution in [-0.2, 0) is 43.2 Å². The fourth-order valence-electron chi connectivity index (χ4n) is 7.61. The molecular weight excluding hydrogens is 634 g/mol. The lowest BCUT2D eigenvalue weighted by Gasteiger charge is -2.30. The molecule has 2 aromatic heterocycles. The number of benzene rings is 3. The average Bonchev–Trinajstić information content (AvgIpc) is 3.37. The van der Waals surface area contributed by atoms with Gasteiger partial charge >= 0.3 is 5.69 Å². The summed E-state index contributed by atoms with van der Waals surface area (Å²) in [5.74, 6) is 0.676. The fraction of sp³-hybridized carbons (Fsp3) is 0.333. The molecule has 0 aliphatic carbocycles. The Labute approximate surface area is 289 Å². The van der Waals surface area contributed by atoms with Crippen LogP contribution >= 0.6 is 0 Å². The standard InChI is InChI=1S/C39H41N5O6/c1-22-23(2)38(47)41(3)20-29(22)26-17-33(49-5)30(34(18-26)50-6)21-43-15-14-24-10-11-25(16-27(24)19-43)28-8-7-9-31-36(28)42(4)39(48)44(31)32-12-13-35(45)40-37(32)46/h7-11,16-18,20,32H,12-15,19,21H2,1-6H3,(H,40,45,46). The van der Waals surface area contributed by atoms with E-state index in [1.54, 1.807) is 37.4 Å². The number of pyridine rings is 1. The van der Waals surface area contributed by atoms with Crippen LogP contribution in [0, 0.1) is 13.8 Å². The lowest BCUT2D eigenvalue weighted by molar-refractivity contribution is -0.135. The highest BCUT2D eigenvalue weighted by Gasteiger charge is 2.32. The zero-order valence-corrected chi connectivity index (χ0v) is 29.3. The zero-order chi connectivity index (χ0) is 35.4. The van der Waals surface area contributed by atoms with Gasteiger partial charge in [-0.05, 0) is 78.8 Å². The third kappa shape index (κ3) is 5.51. The number of carbonyl (C=O) groups is 2. The number of carbonyl (C=O) groups excluding carboxylic acids is 2. The van der Waals surface area contributed by atoms with Crippen molar-refractivity contribution < 1.29 is 19.1 Å². The first kappa shape index (κ1) is 33.1. The maximum Gasteiger partial charge on any atom is 0.329 e. The van der Waals surface area contributed by atoms with Gasteiger partial charge in [0, 0.05) is 63.0 Å². The van der Waals surface area contributed by atoms with E-state index in [0.717, 1.165) is 63.4 Å². The van der Waals surface area contributed by atoms with Gasteiger partial charge in [0.25, 0.3) is 5.56 Å². The summed E-state index contributed by atoms with van der Waals surface area (Å²) in [5, 5.41) is 2.38. The number of imide groups is 1. The Bertz CT molecular complexity index is 2310. The van der Waals surface area contributed by atoms with Crippen molar-refractivity contribution in [3.05, 3.63) is 103 Å². The molecule has 11 heteroatoms. The molecule has 1 fully saturated rings.